The molecule has 2 N–H and O–H groups in total. The van der Waals surface area contributed by atoms with Gasteiger partial charge >= 0.3 is 0 Å². The molecule has 92 valence electrons. The number of hydrogen-bond acceptors (Lipinski definition) is 4. The quantitative estimate of drug-likeness (QED) is 0.771. The molecule has 2 fully saturated rings. The lowest BCUT2D eigenvalue weighted by Crippen LogP contribution is -2.46. The number of hydrogen-bond donors (Lipinski definition) is 2. The number of nitrogens with one attached hydrogen (secondary N) is 2. The van der Waals surface area contributed by atoms with E-state index >= 15 is 0 Å². The highest BCUT2D eigenvalue weighted by atomic mass is 35.5. The van der Waals surface area contributed by atoms with E-state index in [0.717, 1.165) is 26.1 Å². The summed E-state index contributed by atoms with van der Waals surface area (Å²) < 4.78 is 0. The first-order valence-corrected chi connectivity index (χ1v) is 6.35. The molecular formula is C11H15ClN4O. The van der Waals surface area contributed by atoms with Crippen LogP contribution in [-0.2, 0) is 0 Å². The van der Waals surface area contributed by atoms with Crippen LogP contribution in [0.4, 0.5) is 5.82 Å². The molecule has 6 heteroatoms. The van der Waals surface area contributed by atoms with Gasteiger partial charge in [-0.05, 0) is 18.8 Å². The maximum atomic E-state index is 11.5. The Morgan fingerprint density at radius 2 is 2.35 bits per heavy atom. The van der Waals surface area contributed by atoms with E-state index < -0.39 is 0 Å². The lowest BCUT2D eigenvalue weighted by atomic mass is 9.92. The maximum absolute atomic E-state index is 11.5. The summed E-state index contributed by atoms with van der Waals surface area (Å²) in [5, 5.41) is 3.61. The van der Waals surface area contributed by atoms with E-state index in [1.807, 2.05) is 0 Å². The molecule has 17 heavy (non-hydrogen) atoms. The van der Waals surface area contributed by atoms with Crippen LogP contribution in [-0.4, -0.2) is 35.6 Å². The van der Waals surface area contributed by atoms with Crippen LogP contribution in [0, 0.1) is 5.92 Å². The summed E-state index contributed by atoms with van der Waals surface area (Å²) in [6.07, 6.45) is 3.80. The zero-order chi connectivity index (χ0) is 11.8. The first-order valence-electron chi connectivity index (χ1n) is 5.98. The van der Waals surface area contributed by atoms with Gasteiger partial charge in [0.2, 0.25) is 0 Å². The van der Waals surface area contributed by atoms with E-state index in [9.17, 15) is 4.79 Å². The van der Waals surface area contributed by atoms with Crippen LogP contribution < -0.4 is 15.8 Å². The Morgan fingerprint density at radius 1 is 1.47 bits per heavy atom. The van der Waals surface area contributed by atoms with Gasteiger partial charge < -0.3 is 15.2 Å². The second kappa shape index (κ2) is 4.31. The summed E-state index contributed by atoms with van der Waals surface area (Å²) in [5.41, 5.74) is -0.259. The zero-order valence-electron chi connectivity index (χ0n) is 9.45. The van der Waals surface area contributed by atoms with Gasteiger partial charge in [0.15, 0.2) is 5.82 Å². The van der Waals surface area contributed by atoms with Crippen molar-refractivity contribution in [3.8, 4) is 0 Å². The van der Waals surface area contributed by atoms with Gasteiger partial charge in [0.05, 0.1) is 6.33 Å². The molecule has 1 aromatic heterocycles. The maximum Gasteiger partial charge on any atom is 0.271 e. The number of aromatic nitrogens is 2. The number of aromatic amines is 1. The lowest BCUT2D eigenvalue weighted by molar-refractivity contribution is 0.383. The van der Waals surface area contributed by atoms with Crippen LogP contribution in [0.3, 0.4) is 0 Å². The van der Waals surface area contributed by atoms with Gasteiger partial charge in [0, 0.05) is 25.7 Å². The topological polar surface area (TPSA) is 61.0 Å². The van der Waals surface area contributed by atoms with Gasteiger partial charge in [-0.25, -0.2) is 4.98 Å². The molecule has 0 saturated carbocycles. The molecule has 0 radical (unpaired) electrons. The number of halogens is 1. The highest BCUT2D eigenvalue weighted by molar-refractivity contribution is 6.32. The summed E-state index contributed by atoms with van der Waals surface area (Å²) in [7, 11) is 0. The van der Waals surface area contributed by atoms with Gasteiger partial charge in [-0.3, -0.25) is 4.79 Å². The Bertz CT molecular complexity index is 475. The molecule has 3 rings (SSSR count). The van der Waals surface area contributed by atoms with Crippen molar-refractivity contribution in [3.05, 3.63) is 21.7 Å². The molecule has 0 spiro atoms. The van der Waals surface area contributed by atoms with E-state index in [1.54, 1.807) is 0 Å². The molecule has 2 aliphatic rings. The number of anilines is 1. The van der Waals surface area contributed by atoms with Crippen LogP contribution in [0.5, 0.6) is 0 Å². The van der Waals surface area contributed by atoms with Crippen molar-refractivity contribution in [3.63, 3.8) is 0 Å². The number of nitrogens with zero attached hydrogens (tertiary/aromatic N) is 2. The number of H-pyrrole nitrogens is 1. The van der Waals surface area contributed by atoms with Crippen molar-refractivity contribution in [2.45, 2.75) is 18.9 Å². The third-order valence-corrected chi connectivity index (χ3v) is 4.07. The van der Waals surface area contributed by atoms with Crippen molar-refractivity contribution < 1.29 is 0 Å². The number of piperidine rings is 1. The minimum absolute atomic E-state index is 0.208. The average Bonchev–Trinajstić information content (AvgIpc) is 2.81. The fourth-order valence-electron chi connectivity index (χ4n) is 2.90. The monoisotopic (exact) mass is 254 g/mol. The Hall–Kier alpha value is -1.07. The van der Waals surface area contributed by atoms with Crippen LogP contribution in [0.1, 0.15) is 12.8 Å². The van der Waals surface area contributed by atoms with E-state index in [2.05, 4.69) is 20.2 Å². The molecule has 0 bridgehead atoms. The summed E-state index contributed by atoms with van der Waals surface area (Å²) in [5.74, 6) is 1.29. The SMILES string of the molecule is O=c1[nH]cnc(N2CCCC3CNCC32)c1Cl. The van der Waals surface area contributed by atoms with Crippen molar-refractivity contribution >= 4 is 17.4 Å². The molecule has 2 unspecified atom stereocenters. The van der Waals surface area contributed by atoms with Gasteiger partial charge in [0.1, 0.15) is 5.02 Å². The first kappa shape index (κ1) is 11.0. The lowest BCUT2D eigenvalue weighted by Gasteiger charge is -2.38. The minimum Gasteiger partial charge on any atom is -0.351 e. The van der Waals surface area contributed by atoms with Gasteiger partial charge in [-0.15, -0.1) is 0 Å². The molecule has 0 aliphatic carbocycles. The first-order chi connectivity index (χ1) is 8.27. The van der Waals surface area contributed by atoms with Crippen molar-refractivity contribution in [2.75, 3.05) is 24.5 Å². The van der Waals surface area contributed by atoms with Gasteiger partial charge in [0.25, 0.3) is 5.56 Å². The highest BCUT2D eigenvalue weighted by Gasteiger charge is 2.36. The van der Waals surface area contributed by atoms with E-state index in [0.29, 0.717) is 17.8 Å². The van der Waals surface area contributed by atoms with Crippen molar-refractivity contribution in [1.29, 1.82) is 0 Å². The molecule has 2 atom stereocenters. The molecule has 0 aromatic carbocycles. The standard InChI is InChI=1S/C11H15ClN4O/c12-9-10(14-6-15-11(9)17)16-3-1-2-7-4-13-5-8(7)16/h6-8,13H,1-5H2,(H,14,15,17). The molecule has 5 nitrogen and oxygen atoms in total. The van der Waals surface area contributed by atoms with E-state index in [-0.39, 0.29) is 10.6 Å². The summed E-state index contributed by atoms with van der Waals surface area (Å²) >= 11 is 6.05. The van der Waals surface area contributed by atoms with Gasteiger partial charge in [-0.1, -0.05) is 11.6 Å². The molecule has 3 heterocycles. The Morgan fingerprint density at radius 3 is 3.24 bits per heavy atom. The minimum atomic E-state index is -0.259. The second-order valence-corrected chi connectivity index (χ2v) is 5.07. The number of rotatable bonds is 1. The highest BCUT2D eigenvalue weighted by Crippen LogP contribution is 2.31. The molecule has 1 aromatic rings. The largest absolute Gasteiger partial charge is 0.351 e. The molecular weight excluding hydrogens is 240 g/mol. The number of fused-ring (bicyclic) bond motifs is 1. The fraction of sp³-hybridized carbons (Fsp3) is 0.636. The summed E-state index contributed by atoms with van der Waals surface area (Å²) in [6.45, 7) is 2.94. The van der Waals surface area contributed by atoms with Crippen molar-refractivity contribution in [2.24, 2.45) is 5.92 Å². The fourth-order valence-corrected chi connectivity index (χ4v) is 3.12. The third-order valence-electron chi connectivity index (χ3n) is 3.73. The Balaban J connectivity index is 1.97. The summed E-state index contributed by atoms with van der Waals surface area (Å²) in [6, 6.07) is 0.426. The Labute approximate surface area is 104 Å². The zero-order valence-corrected chi connectivity index (χ0v) is 10.2. The molecule has 2 saturated heterocycles. The van der Waals surface area contributed by atoms with Gasteiger partial charge in [-0.2, -0.15) is 0 Å². The van der Waals surface area contributed by atoms with E-state index in [4.69, 9.17) is 11.6 Å². The predicted octanol–water partition coefficient (Wildman–Crippen LogP) is 0.611. The predicted molar refractivity (Wildman–Crippen MR) is 66.6 cm³/mol. The average molecular weight is 255 g/mol. The molecule has 2 aliphatic heterocycles. The second-order valence-electron chi connectivity index (χ2n) is 4.69. The van der Waals surface area contributed by atoms with Crippen LogP contribution in [0.2, 0.25) is 5.02 Å². The van der Waals surface area contributed by atoms with Crippen molar-refractivity contribution in [1.82, 2.24) is 15.3 Å². The third kappa shape index (κ3) is 1.83. The smallest absolute Gasteiger partial charge is 0.271 e. The van der Waals surface area contributed by atoms with Crippen LogP contribution >= 0.6 is 11.6 Å². The summed E-state index contributed by atoms with van der Waals surface area (Å²) in [4.78, 5) is 20.4. The van der Waals surface area contributed by atoms with Crippen LogP contribution in [0.15, 0.2) is 11.1 Å². The Kier molecular flexibility index (Phi) is 2.80. The van der Waals surface area contributed by atoms with Crippen LogP contribution in [0.25, 0.3) is 0 Å². The van der Waals surface area contributed by atoms with E-state index in [1.165, 1.54) is 12.7 Å². The normalized spacial score (nSPS) is 28.2. The molecule has 0 amide bonds.